The predicted octanol–water partition coefficient (Wildman–Crippen LogP) is 0.324. The van der Waals surface area contributed by atoms with Crippen molar-refractivity contribution < 1.29 is 9.53 Å². The first-order valence-corrected chi connectivity index (χ1v) is 4.45. The highest BCUT2D eigenvalue weighted by Gasteiger charge is 2.18. The molecule has 1 rings (SSSR count). The molecule has 5 nitrogen and oxygen atoms in total. The molecule has 0 aliphatic carbocycles. The maximum Gasteiger partial charge on any atom is 0.306 e. The Hall–Kier alpha value is -1.36. The number of aryl methyl sites for hydroxylation is 1. The van der Waals surface area contributed by atoms with Gasteiger partial charge in [0.25, 0.3) is 0 Å². The molecule has 0 radical (unpaired) electrons. The summed E-state index contributed by atoms with van der Waals surface area (Å²) in [6, 6.07) is 0. The van der Waals surface area contributed by atoms with Crippen molar-refractivity contribution in [3.05, 3.63) is 17.7 Å². The molecule has 0 spiro atoms. The van der Waals surface area contributed by atoms with E-state index in [4.69, 9.17) is 5.73 Å². The number of hydrogen-bond donors (Lipinski definition) is 2. The van der Waals surface area contributed by atoms with Crippen molar-refractivity contribution in [2.24, 2.45) is 5.73 Å². The summed E-state index contributed by atoms with van der Waals surface area (Å²) in [6.45, 7) is 2.29. The summed E-state index contributed by atoms with van der Waals surface area (Å²) in [5.74, 6) is -0.323. The summed E-state index contributed by atoms with van der Waals surface area (Å²) in [5, 5.41) is 0. The number of H-pyrrole nitrogens is 1. The van der Waals surface area contributed by atoms with E-state index in [9.17, 15) is 4.79 Å². The average Bonchev–Trinajstić information content (AvgIpc) is 2.60. The highest BCUT2D eigenvalue weighted by Crippen LogP contribution is 2.19. The van der Waals surface area contributed by atoms with Gasteiger partial charge in [-0.2, -0.15) is 0 Å². The standard InChI is InChI=1S/C9H15N3O2/c1-6-9(12-5-11-6)7(4-10)3-8(13)14-2/h5,7H,3-4,10H2,1-2H3,(H,11,12). The fourth-order valence-electron chi connectivity index (χ4n) is 1.36. The van der Waals surface area contributed by atoms with E-state index in [1.165, 1.54) is 7.11 Å². The Morgan fingerprint density at radius 2 is 2.50 bits per heavy atom. The molecular weight excluding hydrogens is 182 g/mol. The first-order valence-electron chi connectivity index (χ1n) is 4.45. The summed E-state index contributed by atoms with van der Waals surface area (Å²) >= 11 is 0. The second-order valence-corrected chi connectivity index (χ2v) is 3.13. The molecule has 0 aromatic carbocycles. The number of nitrogens with zero attached hydrogens (tertiary/aromatic N) is 1. The highest BCUT2D eigenvalue weighted by atomic mass is 16.5. The van der Waals surface area contributed by atoms with Gasteiger partial charge in [-0.25, -0.2) is 4.98 Å². The van der Waals surface area contributed by atoms with E-state index in [0.29, 0.717) is 6.54 Å². The molecule has 1 aromatic rings. The lowest BCUT2D eigenvalue weighted by atomic mass is 10.0. The second kappa shape index (κ2) is 4.76. The Kier molecular flexibility index (Phi) is 3.64. The van der Waals surface area contributed by atoms with Crippen molar-refractivity contribution in [2.75, 3.05) is 13.7 Å². The van der Waals surface area contributed by atoms with Gasteiger partial charge in [0.2, 0.25) is 0 Å². The van der Waals surface area contributed by atoms with Crippen LogP contribution >= 0.6 is 0 Å². The quantitative estimate of drug-likeness (QED) is 0.681. The van der Waals surface area contributed by atoms with Gasteiger partial charge >= 0.3 is 5.97 Å². The van der Waals surface area contributed by atoms with Gasteiger partial charge < -0.3 is 15.5 Å². The minimum atomic E-state index is -0.261. The number of ether oxygens (including phenoxy) is 1. The van der Waals surface area contributed by atoms with Crippen LogP contribution in [0.15, 0.2) is 6.33 Å². The molecule has 0 amide bonds. The number of methoxy groups -OCH3 is 1. The first kappa shape index (κ1) is 10.7. The number of esters is 1. The van der Waals surface area contributed by atoms with Crippen molar-refractivity contribution >= 4 is 5.97 Å². The van der Waals surface area contributed by atoms with E-state index >= 15 is 0 Å². The SMILES string of the molecule is COC(=O)CC(CN)c1nc[nH]c1C. The third-order valence-electron chi connectivity index (χ3n) is 2.18. The zero-order chi connectivity index (χ0) is 10.6. The molecule has 0 saturated carbocycles. The van der Waals surface area contributed by atoms with Crippen LogP contribution in [0.1, 0.15) is 23.7 Å². The largest absolute Gasteiger partial charge is 0.469 e. The molecule has 0 saturated heterocycles. The molecule has 78 valence electrons. The van der Waals surface area contributed by atoms with Crippen LogP contribution in [0, 0.1) is 6.92 Å². The van der Waals surface area contributed by atoms with Crippen LogP contribution in [0.5, 0.6) is 0 Å². The van der Waals surface area contributed by atoms with Crippen molar-refractivity contribution in [3.8, 4) is 0 Å². The second-order valence-electron chi connectivity index (χ2n) is 3.13. The molecule has 1 atom stereocenters. The molecule has 1 heterocycles. The van der Waals surface area contributed by atoms with E-state index < -0.39 is 0 Å². The summed E-state index contributed by atoms with van der Waals surface area (Å²) in [7, 11) is 1.37. The minimum Gasteiger partial charge on any atom is -0.469 e. The highest BCUT2D eigenvalue weighted by molar-refractivity contribution is 5.70. The lowest BCUT2D eigenvalue weighted by molar-refractivity contribution is -0.141. The van der Waals surface area contributed by atoms with Crippen LogP contribution in [0.25, 0.3) is 0 Å². The molecule has 14 heavy (non-hydrogen) atoms. The third-order valence-corrected chi connectivity index (χ3v) is 2.18. The van der Waals surface area contributed by atoms with E-state index in [1.54, 1.807) is 6.33 Å². The molecule has 0 aliphatic heterocycles. The first-order chi connectivity index (χ1) is 6.69. The lowest BCUT2D eigenvalue weighted by Crippen LogP contribution is -2.18. The van der Waals surface area contributed by atoms with Gasteiger partial charge in [-0.05, 0) is 6.92 Å². The number of aromatic nitrogens is 2. The number of aromatic amines is 1. The van der Waals surface area contributed by atoms with Crippen molar-refractivity contribution in [2.45, 2.75) is 19.3 Å². The van der Waals surface area contributed by atoms with E-state index in [-0.39, 0.29) is 18.3 Å². The van der Waals surface area contributed by atoms with Gasteiger partial charge in [0.1, 0.15) is 0 Å². The van der Waals surface area contributed by atoms with Crippen molar-refractivity contribution in [3.63, 3.8) is 0 Å². The van der Waals surface area contributed by atoms with Crippen LogP contribution in [0.3, 0.4) is 0 Å². The molecule has 1 aromatic heterocycles. The number of rotatable bonds is 4. The summed E-state index contributed by atoms with van der Waals surface area (Å²) in [6.07, 6.45) is 1.88. The fraction of sp³-hybridized carbons (Fsp3) is 0.556. The van der Waals surface area contributed by atoms with Crippen LogP contribution in [-0.2, 0) is 9.53 Å². The summed E-state index contributed by atoms with van der Waals surface area (Å²) in [4.78, 5) is 18.2. The molecule has 0 fully saturated rings. The number of nitrogens with one attached hydrogen (secondary N) is 1. The van der Waals surface area contributed by atoms with E-state index in [2.05, 4.69) is 14.7 Å². The van der Waals surface area contributed by atoms with Crippen LogP contribution in [0.2, 0.25) is 0 Å². The predicted molar refractivity (Wildman–Crippen MR) is 51.8 cm³/mol. The number of hydrogen-bond acceptors (Lipinski definition) is 4. The third kappa shape index (κ3) is 2.32. The fourth-order valence-corrected chi connectivity index (χ4v) is 1.36. The van der Waals surface area contributed by atoms with Gasteiger partial charge in [-0.3, -0.25) is 4.79 Å². The summed E-state index contributed by atoms with van der Waals surface area (Å²) in [5.41, 5.74) is 7.37. The van der Waals surface area contributed by atoms with Gasteiger partial charge in [-0.1, -0.05) is 0 Å². The Labute approximate surface area is 82.7 Å². The molecule has 0 bridgehead atoms. The van der Waals surface area contributed by atoms with Crippen LogP contribution in [-0.4, -0.2) is 29.6 Å². The topological polar surface area (TPSA) is 81.0 Å². The smallest absolute Gasteiger partial charge is 0.306 e. The van der Waals surface area contributed by atoms with E-state index in [1.807, 2.05) is 6.92 Å². The van der Waals surface area contributed by atoms with Crippen LogP contribution in [0.4, 0.5) is 0 Å². The van der Waals surface area contributed by atoms with Crippen molar-refractivity contribution in [1.82, 2.24) is 9.97 Å². The normalized spacial score (nSPS) is 12.5. The van der Waals surface area contributed by atoms with Gasteiger partial charge in [-0.15, -0.1) is 0 Å². The minimum absolute atomic E-state index is 0.0614. The Morgan fingerprint density at radius 3 is 2.93 bits per heavy atom. The van der Waals surface area contributed by atoms with Gasteiger partial charge in [0.15, 0.2) is 0 Å². The molecule has 5 heteroatoms. The van der Waals surface area contributed by atoms with E-state index in [0.717, 1.165) is 11.4 Å². The summed E-state index contributed by atoms with van der Waals surface area (Å²) < 4.78 is 4.59. The Morgan fingerprint density at radius 1 is 1.79 bits per heavy atom. The zero-order valence-electron chi connectivity index (χ0n) is 8.41. The average molecular weight is 197 g/mol. The monoisotopic (exact) mass is 197 g/mol. The van der Waals surface area contributed by atoms with Gasteiger partial charge in [0, 0.05) is 18.2 Å². The zero-order valence-corrected chi connectivity index (χ0v) is 8.41. The molecule has 3 N–H and O–H groups in total. The Balaban J connectivity index is 2.72. The number of nitrogens with two attached hydrogens (primary N) is 1. The molecule has 1 unspecified atom stereocenters. The number of carbonyl (C=O) groups excluding carboxylic acids is 1. The maximum atomic E-state index is 11.1. The molecular formula is C9H15N3O2. The molecule has 0 aliphatic rings. The van der Waals surface area contributed by atoms with Crippen LogP contribution < -0.4 is 5.73 Å². The van der Waals surface area contributed by atoms with Gasteiger partial charge in [0.05, 0.1) is 25.6 Å². The Bertz CT molecular complexity index is 309. The maximum absolute atomic E-state index is 11.1. The number of imidazole rings is 1. The number of carbonyl (C=O) groups is 1. The van der Waals surface area contributed by atoms with Crippen molar-refractivity contribution in [1.29, 1.82) is 0 Å². The lowest BCUT2D eigenvalue weighted by Gasteiger charge is -2.11.